The molecular weight excluding hydrogens is 767 g/mol. The predicted molar refractivity (Wildman–Crippen MR) is 221 cm³/mol. The van der Waals surface area contributed by atoms with E-state index < -0.39 is 52.6 Å². The second-order valence-corrected chi connectivity index (χ2v) is 17.1. The number of rotatable bonds is 7. The number of likely N-dealkylation sites (tertiary alicyclic amines) is 2. The fraction of sp³-hybridized carbons (Fsp3) is 0.292. The smallest absolute Gasteiger partial charge is 0.260 e. The lowest BCUT2D eigenvalue weighted by Gasteiger charge is -2.51. The number of nitrogens with zero attached hydrogens (tertiary/aromatic N) is 3. The van der Waals surface area contributed by atoms with E-state index in [9.17, 15) is 19.1 Å². The molecule has 0 spiro atoms. The molecule has 59 heavy (non-hydrogen) atoms. The van der Waals surface area contributed by atoms with Gasteiger partial charge in [-0.25, -0.2) is 4.39 Å². The number of hydrazine groups is 1. The summed E-state index contributed by atoms with van der Waals surface area (Å²) >= 11 is 6.45. The number of phenols is 1. The number of anilines is 1. The largest absolute Gasteiger partial charge is 0.508 e. The normalized spacial score (nSPS) is 27.2. The van der Waals surface area contributed by atoms with Gasteiger partial charge in [-0.1, -0.05) is 96.0 Å². The lowest BCUT2D eigenvalue weighted by atomic mass is 9.48. The molecule has 0 unspecified atom stereocenters. The molecule has 3 aliphatic heterocycles. The Morgan fingerprint density at radius 1 is 0.780 bits per heavy atom. The van der Waals surface area contributed by atoms with Crippen LogP contribution in [0.25, 0.3) is 10.8 Å². The minimum absolute atomic E-state index is 0.0487. The van der Waals surface area contributed by atoms with Crippen LogP contribution in [0.5, 0.6) is 5.75 Å². The number of carbonyl (C=O) groups excluding carboxylic acids is 4. The van der Waals surface area contributed by atoms with Gasteiger partial charge in [0.05, 0.1) is 28.9 Å². The maximum Gasteiger partial charge on any atom is 0.260 e. The number of phenolic OH excluding ortho intramolecular Hbond substituents is 1. The second kappa shape index (κ2) is 14.5. The highest BCUT2D eigenvalue weighted by atomic mass is 35.5. The van der Waals surface area contributed by atoms with Gasteiger partial charge in [0.2, 0.25) is 11.8 Å². The second-order valence-electron chi connectivity index (χ2n) is 16.6. The van der Waals surface area contributed by atoms with Crippen molar-refractivity contribution in [1.82, 2.24) is 14.8 Å². The highest BCUT2D eigenvalue weighted by Gasteiger charge is 2.71. The van der Waals surface area contributed by atoms with Crippen LogP contribution in [0.4, 0.5) is 10.1 Å². The van der Waals surface area contributed by atoms with Gasteiger partial charge in [-0.15, -0.1) is 0 Å². The van der Waals surface area contributed by atoms with E-state index in [4.69, 9.17) is 11.6 Å². The SMILES string of the molecule is O=C1[C@@H]2C[C@@H]3C(=CC[C@@H]4C(=O)N(C5CCN(Cc6ccccc6)CC5)C(=O)[C@@H]43)[C@H](c3c(O)ccc4ccccc34)[C@]2(c2ccc(Cl)cc2)C(=O)N1Nc1ccc(F)cc1. The zero-order valence-corrected chi connectivity index (χ0v) is 32.9. The van der Waals surface area contributed by atoms with E-state index in [2.05, 4.69) is 22.5 Å². The van der Waals surface area contributed by atoms with Crippen molar-refractivity contribution in [2.24, 2.45) is 23.7 Å². The van der Waals surface area contributed by atoms with Crippen LogP contribution in [0, 0.1) is 29.5 Å². The number of nitrogens with one attached hydrogen (secondary N) is 1. The van der Waals surface area contributed by atoms with Crippen LogP contribution in [-0.4, -0.2) is 62.7 Å². The van der Waals surface area contributed by atoms with E-state index in [1.165, 1.54) is 34.7 Å². The van der Waals surface area contributed by atoms with Gasteiger partial charge in [0.15, 0.2) is 0 Å². The van der Waals surface area contributed by atoms with Gasteiger partial charge in [-0.3, -0.25) is 34.4 Å². The minimum Gasteiger partial charge on any atom is -0.508 e. The number of allylic oxidation sites excluding steroid dienone is 2. The van der Waals surface area contributed by atoms with Crippen molar-refractivity contribution in [1.29, 1.82) is 0 Å². The van der Waals surface area contributed by atoms with Crippen molar-refractivity contribution >= 4 is 51.7 Å². The summed E-state index contributed by atoms with van der Waals surface area (Å²) in [7, 11) is 0. The third kappa shape index (κ3) is 5.90. The Balaban J connectivity index is 1.09. The molecule has 4 fully saturated rings. The Morgan fingerprint density at radius 3 is 2.24 bits per heavy atom. The number of hydrogen-bond acceptors (Lipinski definition) is 7. The van der Waals surface area contributed by atoms with E-state index in [1.807, 2.05) is 54.6 Å². The Morgan fingerprint density at radius 2 is 1.49 bits per heavy atom. The highest BCUT2D eigenvalue weighted by Crippen LogP contribution is 2.65. The lowest BCUT2D eigenvalue weighted by molar-refractivity contribution is -0.144. The number of imide groups is 2. The summed E-state index contributed by atoms with van der Waals surface area (Å²) < 4.78 is 14.0. The monoisotopic (exact) mass is 808 g/mol. The Kier molecular flexibility index (Phi) is 9.18. The van der Waals surface area contributed by atoms with E-state index in [0.29, 0.717) is 40.1 Å². The average molecular weight is 809 g/mol. The van der Waals surface area contributed by atoms with Crippen LogP contribution in [0.3, 0.4) is 0 Å². The molecule has 9 nitrogen and oxygen atoms in total. The number of fused-ring (bicyclic) bond motifs is 5. The first kappa shape index (κ1) is 37.4. The standard InChI is InChI=1S/C48H42ClFN4O5/c49-31-13-11-30(12-14-31)48-39(45(57)54(47(48)59)51-33-17-15-32(50)16-18-33)26-38-36(43(48)42-35-9-5-4-8-29(35)10-21-40(42)55)19-20-37-41(38)46(58)53(44(37)56)34-22-24-52(25-23-34)27-28-6-2-1-3-7-28/h1-19,21,34,37-39,41,43,51,55H,20,22-27H2/t37-,38+,39-,41-,43+,48+/m0/s1. The van der Waals surface area contributed by atoms with Crippen molar-refractivity contribution in [2.75, 3.05) is 18.5 Å². The summed E-state index contributed by atoms with van der Waals surface area (Å²) in [5.74, 6) is -5.85. The molecule has 5 aromatic rings. The molecule has 10 rings (SSSR count). The number of benzene rings is 5. The minimum atomic E-state index is -1.61. The molecule has 2 N–H and O–H groups in total. The number of carbonyl (C=O) groups is 4. The molecule has 5 aliphatic rings. The molecular formula is C48H42ClFN4O5. The Bertz CT molecular complexity index is 2540. The van der Waals surface area contributed by atoms with Gasteiger partial charge >= 0.3 is 0 Å². The summed E-state index contributed by atoms with van der Waals surface area (Å²) in [6.07, 6.45) is 3.75. The third-order valence-electron chi connectivity index (χ3n) is 13.7. The van der Waals surface area contributed by atoms with E-state index in [0.717, 1.165) is 35.6 Å². The van der Waals surface area contributed by atoms with Gasteiger partial charge in [-0.2, -0.15) is 5.01 Å². The molecule has 3 saturated heterocycles. The quantitative estimate of drug-likeness (QED) is 0.127. The zero-order valence-electron chi connectivity index (χ0n) is 32.1. The molecule has 4 amide bonds. The molecule has 11 heteroatoms. The summed E-state index contributed by atoms with van der Waals surface area (Å²) in [5.41, 5.74) is 4.70. The van der Waals surface area contributed by atoms with Gasteiger partial charge in [0.25, 0.3) is 11.8 Å². The average Bonchev–Trinajstić information content (AvgIpc) is 3.63. The third-order valence-corrected chi connectivity index (χ3v) is 13.9. The maximum absolute atomic E-state index is 15.6. The molecule has 0 radical (unpaired) electrons. The summed E-state index contributed by atoms with van der Waals surface area (Å²) in [4.78, 5) is 63.9. The molecule has 1 saturated carbocycles. The summed E-state index contributed by atoms with van der Waals surface area (Å²) in [5, 5.41) is 15.0. The number of hydrogen-bond donors (Lipinski definition) is 2. The van der Waals surface area contributed by atoms with Gasteiger partial charge in [-0.05, 0) is 96.0 Å². The molecule has 2 aliphatic carbocycles. The fourth-order valence-electron chi connectivity index (χ4n) is 11.1. The maximum atomic E-state index is 15.6. The van der Waals surface area contributed by atoms with Crippen LogP contribution < -0.4 is 5.43 Å². The number of aromatic hydroxyl groups is 1. The van der Waals surface area contributed by atoms with Crippen LogP contribution in [0.1, 0.15) is 48.3 Å². The highest BCUT2D eigenvalue weighted by molar-refractivity contribution is 6.30. The van der Waals surface area contributed by atoms with Gasteiger partial charge in [0.1, 0.15) is 11.6 Å². The van der Waals surface area contributed by atoms with Crippen molar-refractivity contribution in [3.8, 4) is 5.75 Å². The molecule has 0 aromatic heterocycles. The lowest BCUT2D eigenvalue weighted by Crippen LogP contribution is -2.53. The summed E-state index contributed by atoms with van der Waals surface area (Å²) in [6, 6.07) is 33.4. The molecule has 0 bridgehead atoms. The van der Waals surface area contributed by atoms with Crippen molar-refractivity contribution in [3.05, 3.63) is 154 Å². The van der Waals surface area contributed by atoms with Crippen molar-refractivity contribution in [2.45, 2.75) is 49.6 Å². The van der Waals surface area contributed by atoms with Gasteiger partial charge in [0, 0.05) is 42.2 Å². The molecule has 3 heterocycles. The van der Waals surface area contributed by atoms with Crippen LogP contribution in [0.15, 0.2) is 127 Å². The molecule has 6 atom stereocenters. The van der Waals surface area contributed by atoms with Gasteiger partial charge < -0.3 is 5.11 Å². The predicted octanol–water partition coefficient (Wildman–Crippen LogP) is 7.99. The number of piperidine rings is 1. The van der Waals surface area contributed by atoms with Crippen molar-refractivity contribution in [3.63, 3.8) is 0 Å². The first-order chi connectivity index (χ1) is 28.6. The topological polar surface area (TPSA) is 110 Å². The van der Waals surface area contributed by atoms with Crippen LogP contribution in [-0.2, 0) is 31.1 Å². The number of halogens is 2. The van der Waals surface area contributed by atoms with Crippen LogP contribution >= 0.6 is 11.6 Å². The number of amides is 4. The Labute approximate surface area is 346 Å². The Hall–Kier alpha value is -5.84. The first-order valence-electron chi connectivity index (χ1n) is 20.4. The van der Waals surface area contributed by atoms with E-state index in [-0.39, 0.29) is 36.4 Å². The first-order valence-corrected chi connectivity index (χ1v) is 20.7. The van der Waals surface area contributed by atoms with Crippen molar-refractivity contribution < 1.29 is 28.7 Å². The van der Waals surface area contributed by atoms with E-state index >= 15 is 9.59 Å². The fourth-order valence-corrected chi connectivity index (χ4v) is 11.2. The van der Waals surface area contributed by atoms with Crippen LogP contribution in [0.2, 0.25) is 5.02 Å². The summed E-state index contributed by atoms with van der Waals surface area (Å²) in [6.45, 7) is 2.30. The molecule has 5 aromatic carbocycles. The zero-order chi connectivity index (χ0) is 40.6. The van der Waals surface area contributed by atoms with E-state index in [1.54, 1.807) is 30.3 Å². The molecule has 298 valence electrons.